The van der Waals surface area contributed by atoms with Crippen molar-refractivity contribution in [1.29, 1.82) is 0 Å². The van der Waals surface area contributed by atoms with Gasteiger partial charge in [-0.05, 0) is 43.2 Å². The van der Waals surface area contributed by atoms with E-state index in [0.29, 0.717) is 11.1 Å². The van der Waals surface area contributed by atoms with Crippen LogP contribution in [0.3, 0.4) is 0 Å². The van der Waals surface area contributed by atoms with Crippen molar-refractivity contribution in [2.24, 2.45) is 4.99 Å². The van der Waals surface area contributed by atoms with Gasteiger partial charge in [-0.1, -0.05) is 42.1 Å². The molecule has 2 atom stereocenters. The van der Waals surface area contributed by atoms with Gasteiger partial charge in [0.15, 0.2) is 5.17 Å². The number of amides is 1. The first-order valence-corrected chi connectivity index (χ1v) is 9.81. The maximum absolute atomic E-state index is 13.3. The zero-order valence-corrected chi connectivity index (χ0v) is 17.2. The minimum Gasteiger partial charge on any atom is -0.465 e. The molecule has 1 amide bonds. The number of methoxy groups -OCH3 is 1. The Morgan fingerprint density at radius 3 is 2.40 bits per heavy atom. The van der Waals surface area contributed by atoms with E-state index in [1.54, 1.807) is 38.1 Å². The van der Waals surface area contributed by atoms with Crippen LogP contribution in [0.4, 0.5) is 13.2 Å². The van der Waals surface area contributed by atoms with Gasteiger partial charge in [-0.2, -0.15) is 13.2 Å². The molecule has 0 aliphatic carbocycles. The van der Waals surface area contributed by atoms with Crippen molar-refractivity contribution in [2.45, 2.75) is 30.8 Å². The van der Waals surface area contributed by atoms with Gasteiger partial charge in [0.2, 0.25) is 5.91 Å². The van der Waals surface area contributed by atoms with Crippen LogP contribution in [0.1, 0.15) is 46.9 Å². The van der Waals surface area contributed by atoms with Crippen molar-refractivity contribution >= 4 is 28.8 Å². The lowest BCUT2D eigenvalue weighted by molar-refractivity contribution is -0.138. The summed E-state index contributed by atoms with van der Waals surface area (Å²) in [6.07, 6.45) is -4.49. The normalized spacial score (nSPS) is 21.4. The average Bonchev–Trinajstić information content (AvgIpc) is 3.01. The molecule has 1 aliphatic heterocycles. The average molecular weight is 436 g/mol. The van der Waals surface area contributed by atoms with E-state index in [0.717, 1.165) is 17.8 Å². The zero-order valence-electron chi connectivity index (χ0n) is 16.4. The zero-order chi connectivity index (χ0) is 22.1. The third-order valence-corrected chi connectivity index (χ3v) is 6.07. The molecule has 0 bridgehead atoms. The Morgan fingerprint density at radius 1 is 1.17 bits per heavy atom. The number of amidine groups is 1. The van der Waals surface area contributed by atoms with Gasteiger partial charge in [-0.25, -0.2) is 4.79 Å². The van der Waals surface area contributed by atoms with Crippen molar-refractivity contribution in [2.75, 3.05) is 7.11 Å². The number of rotatable bonds is 4. The van der Waals surface area contributed by atoms with Gasteiger partial charge in [0.05, 0.1) is 24.3 Å². The topological polar surface area (TPSA) is 67.8 Å². The van der Waals surface area contributed by atoms with Crippen molar-refractivity contribution in [3.63, 3.8) is 0 Å². The molecule has 30 heavy (non-hydrogen) atoms. The molecule has 1 heterocycles. The Labute approximate surface area is 175 Å². The second-order valence-corrected chi connectivity index (χ2v) is 8.26. The number of alkyl halides is 3. The maximum Gasteiger partial charge on any atom is 0.416 e. The Kier molecular flexibility index (Phi) is 5.94. The van der Waals surface area contributed by atoms with Crippen LogP contribution in [0, 0.1) is 0 Å². The number of benzene rings is 2. The number of carbonyl (C=O) groups is 2. The summed E-state index contributed by atoms with van der Waals surface area (Å²) in [6.45, 7) is 3.24. The number of esters is 1. The SMILES string of the molecule is COC(=O)c1ccc(C2(C)SC(=N[C@@H](C)c3ccccc3C(F)(F)F)NC2=O)cc1. The molecular formula is C21H19F3N2O3S. The summed E-state index contributed by atoms with van der Waals surface area (Å²) in [5, 5.41) is 2.89. The second-order valence-electron chi connectivity index (χ2n) is 6.85. The number of carbonyl (C=O) groups excluding carboxylic acids is 2. The van der Waals surface area contributed by atoms with Gasteiger partial charge in [-0.3, -0.25) is 9.79 Å². The van der Waals surface area contributed by atoms with Crippen molar-refractivity contribution in [3.05, 3.63) is 70.8 Å². The molecule has 9 heteroatoms. The lowest BCUT2D eigenvalue weighted by Crippen LogP contribution is -2.31. The van der Waals surface area contributed by atoms with Crippen LogP contribution >= 0.6 is 11.8 Å². The Morgan fingerprint density at radius 2 is 1.80 bits per heavy atom. The predicted octanol–water partition coefficient (Wildman–Crippen LogP) is 4.69. The highest BCUT2D eigenvalue weighted by Crippen LogP contribution is 2.42. The minimum absolute atomic E-state index is 0.0309. The van der Waals surface area contributed by atoms with E-state index in [9.17, 15) is 22.8 Å². The van der Waals surface area contributed by atoms with Crippen LogP contribution in [0.25, 0.3) is 0 Å². The third-order valence-electron chi connectivity index (χ3n) is 4.84. The Bertz CT molecular complexity index is 1010. The molecule has 0 saturated carbocycles. The first kappa shape index (κ1) is 21.9. The number of hydrogen-bond donors (Lipinski definition) is 1. The molecule has 3 rings (SSSR count). The van der Waals surface area contributed by atoms with Crippen LogP contribution in [-0.4, -0.2) is 24.2 Å². The first-order chi connectivity index (χ1) is 14.1. The maximum atomic E-state index is 13.3. The van der Waals surface area contributed by atoms with Crippen molar-refractivity contribution in [3.8, 4) is 0 Å². The summed E-state index contributed by atoms with van der Waals surface area (Å²) in [6, 6.07) is 10.8. The molecule has 1 N–H and O–H groups in total. The highest BCUT2D eigenvalue weighted by molar-refractivity contribution is 8.15. The van der Waals surface area contributed by atoms with Gasteiger partial charge >= 0.3 is 12.1 Å². The molecule has 2 aromatic carbocycles. The fraction of sp³-hybridized carbons (Fsp3) is 0.286. The van der Waals surface area contributed by atoms with E-state index in [-0.39, 0.29) is 16.6 Å². The number of thioether (sulfide) groups is 1. The summed E-state index contributed by atoms with van der Waals surface area (Å²) in [4.78, 5) is 28.6. The predicted molar refractivity (Wildman–Crippen MR) is 108 cm³/mol. The van der Waals surface area contributed by atoms with Gasteiger partial charge in [0, 0.05) is 0 Å². The fourth-order valence-electron chi connectivity index (χ4n) is 3.14. The monoisotopic (exact) mass is 436 g/mol. The first-order valence-electron chi connectivity index (χ1n) is 8.99. The quantitative estimate of drug-likeness (QED) is 0.707. The molecule has 158 valence electrons. The smallest absolute Gasteiger partial charge is 0.416 e. The van der Waals surface area contributed by atoms with Crippen LogP contribution in [0.2, 0.25) is 0 Å². The lowest BCUT2D eigenvalue weighted by Gasteiger charge is -2.19. The van der Waals surface area contributed by atoms with E-state index in [2.05, 4.69) is 15.0 Å². The summed E-state index contributed by atoms with van der Waals surface area (Å²) in [7, 11) is 1.28. The number of ether oxygens (including phenoxy) is 1. The minimum atomic E-state index is -4.49. The molecule has 1 saturated heterocycles. The molecule has 1 aliphatic rings. The summed E-state index contributed by atoms with van der Waals surface area (Å²) in [5.74, 6) is -0.831. The standard InChI is InChI=1S/C21H19F3N2O3S/c1-12(15-6-4-5-7-16(15)21(22,23)24)25-19-26-18(28)20(2,30-19)14-10-8-13(9-11-14)17(27)29-3/h4-12H,1-3H3,(H,25,26,28)/t12-,20?/m0/s1. The number of nitrogens with one attached hydrogen (secondary N) is 1. The van der Waals surface area contributed by atoms with Crippen LogP contribution in [0.5, 0.6) is 0 Å². The van der Waals surface area contributed by atoms with Gasteiger partial charge in [0.25, 0.3) is 0 Å². The van der Waals surface area contributed by atoms with Crippen molar-refractivity contribution < 1.29 is 27.5 Å². The van der Waals surface area contributed by atoms with Gasteiger partial charge in [-0.15, -0.1) is 0 Å². The molecule has 1 unspecified atom stereocenters. The largest absolute Gasteiger partial charge is 0.465 e. The molecule has 0 aromatic heterocycles. The molecule has 0 radical (unpaired) electrons. The van der Waals surface area contributed by atoms with E-state index in [1.807, 2.05) is 0 Å². The molecule has 0 spiro atoms. The van der Waals surface area contributed by atoms with Crippen LogP contribution in [-0.2, 0) is 20.5 Å². The summed E-state index contributed by atoms with van der Waals surface area (Å²) < 4.78 is 43.5. The molecule has 2 aromatic rings. The molecule has 1 fully saturated rings. The van der Waals surface area contributed by atoms with E-state index < -0.39 is 28.5 Å². The summed E-state index contributed by atoms with van der Waals surface area (Å²) >= 11 is 1.12. The van der Waals surface area contributed by atoms with E-state index in [1.165, 1.54) is 25.3 Å². The van der Waals surface area contributed by atoms with Crippen molar-refractivity contribution in [1.82, 2.24) is 5.32 Å². The highest BCUT2D eigenvalue weighted by Gasteiger charge is 2.44. The van der Waals surface area contributed by atoms with E-state index >= 15 is 0 Å². The number of nitrogens with zero attached hydrogens (tertiary/aromatic N) is 1. The number of halogens is 3. The van der Waals surface area contributed by atoms with Gasteiger partial charge < -0.3 is 10.1 Å². The van der Waals surface area contributed by atoms with E-state index in [4.69, 9.17) is 0 Å². The number of aliphatic imine (C=N–C) groups is 1. The van der Waals surface area contributed by atoms with Gasteiger partial charge in [0.1, 0.15) is 4.75 Å². The van der Waals surface area contributed by atoms with Crippen LogP contribution in [0.15, 0.2) is 53.5 Å². The third kappa shape index (κ3) is 4.21. The van der Waals surface area contributed by atoms with Crippen LogP contribution < -0.4 is 5.32 Å². The Balaban J connectivity index is 1.86. The lowest BCUT2D eigenvalue weighted by atomic mass is 9.98. The highest BCUT2D eigenvalue weighted by atomic mass is 32.2. The second kappa shape index (κ2) is 8.14. The molecular weight excluding hydrogens is 417 g/mol. The fourth-order valence-corrected chi connectivity index (χ4v) is 4.28. The summed E-state index contributed by atoms with van der Waals surface area (Å²) in [5.41, 5.74) is 0.256. The number of hydrogen-bond acceptors (Lipinski definition) is 5. The molecule has 5 nitrogen and oxygen atoms in total. The Hall–Kier alpha value is -2.81.